The molecule has 0 aliphatic rings. The van der Waals surface area contributed by atoms with Gasteiger partial charge in [0.2, 0.25) is 0 Å². The van der Waals surface area contributed by atoms with E-state index in [1.165, 1.54) is 25.1 Å². The molecule has 0 saturated heterocycles. The minimum absolute atomic E-state index is 0.107. The summed E-state index contributed by atoms with van der Waals surface area (Å²) < 4.78 is 13.2. The molecule has 110 valence electrons. The first-order chi connectivity index (χ1) is 9.88. The highest BCUT2D eigenvalue weighted by Gasteiger charge is 2.23. The van der Waals surface area contributed by atoms with Gasteiger partial charge in [-0.25, -0.2) is 4.39 Å². The third-order valence-electron chi connectivity index (χ3n) is 2.89. The molecule has 5 nitrogen and oxygen atoms in total. The summed E-state index contributed by atoms with van der Waals surface area (Å²) in [5.41, 5.74) is 0.591. The van der Waals surface area contributed by atoms with E-state index < -0.39 is 4.92 Å². The van der Waals surface area contributed by atoms with Crippen LogP contribution in [0.5, 0.6) is 0 Å². The Hall–Kier alpha value is -2.28. The van der Waals surface area contributed by atoms with Gasteiger partial charge in [-0.3, -0.25) is 14.9 Å². The van der Waals surface area contributed by atoms with E-state index in [0.29, 0.717) is 22.0 Å². The third-order valence-corrected chi connectivity index (χ3v) is 4.23. The second kappa shape index (κ2) is 6.01. The molecule has 0 unspecified atom stereocenters. The molecule has 0 fully saturated rings. The van der Waals surface area contributed by atoms with Gasteiger partial charge in [0.25, 0.3) is 0 Å². The molecule has 0 radical (unpaired) electrons. The van der Waals surface area contributed by atoms with Crippen LogP contribution in [0.2, 0.25) is 0 Å². The fourth-order valence-corrected chi connectivity index (χ4v) is 2.91. The van der Waals surface area contributed by atoms with Gasteiger partial charge in [0.1, 0.15) is 5.82 Å². The molecule has 21 heavy (non-hydrogen) atoms. The normalized spacial score (nSPS) is 10.4. The maximum absolute atomic E-state index is 13.2. The molecule has 0 bridgehead atoms. The Morgan fingerprint density at radius 2 is 2.14 bits per heavy atom. The number of rotatable bonds is 5. The quantitative estimate of drug-likeness (QED) is 0.480. The summed E-state index contributed by atoms with van der Waals surface area (Å²) in [6.07, 6.45) is 0. The Bertz CT molecular complexity index is 699. The number of hydrogen-bond donors (Lipinski definition) is 0. The topological polar surface area (TPSA) is 63.4 Å². The minimum atomic E-state index is -0.514. The number of carbonyl (C=O) groups is 1. The standard InChI is InChI=1S/C14H13FN2O3S/c1-9(18)13-7-12(17(19)20)14(21-13)16(2)8-10-4-3-5-11(15)6-10/h3-7H,8H2,1-2H3. The average Bonchev–Trinajstić information content (AvgIpc) is 2.84. The molecular weight excluding hydrogens is 295 g/mol. The lowest BCUT2D eigenvalue weighted by molar-refractivity contribution is -0.383. The zero-order valence-electron chi connectivity index (χ0n) is 11.5. The van der Waals surface area contributed by atoms with Crippen LogP contribution in [0.3, 0.4) is 0 Å². The van der Waals surface area contributed by atoms with Gasteiger partial charge in [-0.15, -0.1) is 11.3 Å². The summed E-state index contributed by atoms with van der Waals surface area (Å²) in [4.78, 5) is 23.9. The first-order valence-electron chi connectivity index (χ1n) is 6.13. The van der Waals surface area contributed by atoms with E-state index in [0.717, 1.165) is 11.3 Å². The van der Waals surface area contributed by atoms with Gasteiger partial charge in [0, 0.05) is 19.7 Å². The maximum Gasteiger partial charge on any atom is 0.304 e. The van der Waals surface area contributed by atoms with E-state index in [2.05, 4.69) is 0 Å². The molecule has 0 spiro atoms. The van der Waals surface area contributed by atoms with Crippen LogP contribution in [-0.2, 0) is 6.54 Å². The predicted molar refractivity (Wildman–Crippen MR) is 79.5 cm³/mol. The zero-order valence-corrected chi connectivity index (χ0v) is 12.3. The number of nitrogens with zero attached hydrogens (tertiary/aromatic N) is 2. The van der Waals surface area contributed by atoms with Gasteiger partial charge in [-0.2, -0.15) is 0 Å². The second-order valence-electron chi connectivity index (χ2n) is 4.60. The van der Waals surface area contributed by atoms with E-state index in [9.17, 15) is 19.3 Å². The van der Waals surface area contributed by atoms with Crippen molar-refractivity contribution in [2.45, 2.75) is 13.5 Å². The van der Waals surface area contributed by atoms with Gasteiger partial charge in [-0.05, 0) is 24.6 Å². The first kappa shape index (κ1) is 15.1. The van der Waals surface area contributed by atoms with Crippen LogP contribution in [0.25, 0.3) is 0 Å². The van der Waals surface area contributed by atoms with Crippen LogP contribution in [0.4, 0.5) is 15.1 Å². The fourth-order valence-electron chi connectivity index (χ4n) is 1.93. The van der Waals surface area contributed by atoms with Gasteiger partial charge < -0.3 is 4.90 Å². The molecule has 0 atom stereocenters. The van der Waals surface area contributed by atoms with E-state index in [1.807, 2.05) is 0 Å². The van der Waals surface area contributed by atoms with Crippen molar-refractivity contribution in [2.24, 2.45) is 0 Å². The molecule has 1 heterocycles. The van der Waals surface area contributed by atoms with Crippen molar-refractivity contribution < 1.29 is 14.1 Å². The Morgan fingerprint density at radius 3 is 2.71 bits per heavy atom. The number of nitro groups is 1. The molecule has 0 saturated carbocycles. The van der Waals surface area contributed by atoms with Gasteiger partial charge in [-0.1, -0.05) is 12.1 Å². The third kappa shape index (κ3) is 3.43. The van der Waals surface area contributed by atoms with Crippen molar-refractivity contribution in [3.8, 4) is 0 Å². The van der Waals surface area contributed by atoms with Gasteiger partial charge in [0.15, 0.2) is 10.8 Å². The van der Waals surface area contributed by atoms with Gasteiger partial charge >= 0.3 is 5.69 Å². The highest BCUT2D eigenvalue weighted by Crippen LogP contribution is 2.37. The monoisotopic (exact) mass is 308 g/mol. The van der Waals surface area contributed by atoms with Crippen molar-refractivity contribution in [2.75, 3.05) is 11.9 Å². The van der Waals surface area contributed by atoms with Crippen LogP contribution >= 0.6 is 11.3 Å². The van der Waals surface area contributed by atoms with Crippen molar-refractivity contribution in [3.05, 3.63) is 56.7 Å². The number of ketones is 1. The summed E-state index contributed by atoms with van der Waals surface area (Å²) in [5, 5.41) is 11.5. The molecule has 0 aliphatic heterocycles. The highest BCUT2D eigenvalue weighted by atomic mass is 32.1. The number of carbonyl (C=O) groups excluding carboxylic acids is 1. The number of anilines is 1. The lowest BCUT2D eigenvalue weighted by Crippen LogP contribution is -2.16. The highest BCUT2D eigenvalue weighted by molar-refractivity contribution is 7.18. The number of benzene rings is 1. The van der Waals surface area contributed by atoms with Crippen LogP contribution in [-0.4, -0.2) is 17.8 Å². The number of Topliss-reactive ketones (excluding diaryl/α,β-unsaturated/α-hetero) is 1. The summed E-state index contributed by atoms with van der Waals surface area (Å²) in [6, 6.07) is 7.32. The molecular formula is C14H13FN2O3S. The lowest BCUT2D eigenvalue weighted by Gasteiger charge is -2.16. The molecule has 7 heteroatoms. The Balaban J connectivity index is 2.31. The maximum atomic E-state index is 13.2. The second-order valence-corrected chi connectivity index (χ2v) is 5.63. The molecule has 0 aliphatic carbocycles. The lowest BCUT2D eigenvalue weighted by atomic mass is 10.2. The van der Waals surface area contributed by atoms with Crippen molar-refractivity contribution in [1.29, 1.82) is 0 Å². The molecule has 2 rings (SSSR count). The molecule has 1 aromatic carbocycles. The molecule has 0 N–H and O–H groups in total. The Labute approximate surface area is 124 Å². The van der Waals surface area contributed by atoms with E-state index >= 15 is 0 Å². The first-order valence-corrected chi connectivity index (χ1v) is 6.95. The summed E-state index contributed by atoms with van der Waals surface area (Å²) in [6.45, 7) is 1.68. The summed E-state index contributed by atoms with van der Waals surface area (Å²) >= 11 is 1.07. The van der Waals surface area contributed by atoms with Crippen LogP contribution in [0.15, 0.2) is 30.3 Å². The van der Waals surface area contributed by atoms with E-state index in [4.69, 9.17) is 0 Å². The Morgan fingerprint density at radius 1 is 1.43 bits per heavy atom. The van der Waals surface area contributed by atoms with Gasteiger partial charge in [0.05, 0.1) is 9.80 Å². The van der Waals surface area contributed by atoms with E-state index in [-0.39, 0.29) is 17.3 Å². The fraction of sp³-hybridized carbons (Fsp3) is 0.214. The van der Waals surface area contributed by atoms with Crippen molar-refractivity contribution in [3.63, 3.8) is 0 Å². The zero-order chi connectivity index (χ0) is 15.6. The number of halogens is 1. The van der Waals surface area contributed by atoms with E-state index in [1.54, 1.807) is 24.1 Å². The number of hydrogen-bond acceptors (Lipinski definition) is 5. The molecule has 1 aromatic heterocycles. The Kier molecular flexibility index (Phi) is 4.32. The number of thiophene rings is 1. The van der Waals surface area contributed by atoms with Crippen molar-refractivity contribution >= 4 is 27.8 Å². The minimum Gasteiger partial charge on any atom is -0.357 e. The SMILES string of the molecule is CC(=O)c1cc([N+](=O)[O-])c(N(C)Cc2cccc(F)c2)s1. The summed E-state index contributed by atoms with van der Waals surface area (Å²) in [7, 11) is 1.67. The summed E-state index contributed by atoms with van der Waals surface area (Å²) in [5.74, 6) is -0.570. The smallest absolute Gasteiger partial charge is 0.304 e. The largest absolute Gasteiger partial charge is 0.357 e. The molecule has 0 amide bonds. The van der Waals surface area contributed by atoms with Crippen LogP contribution in [0.1, 0.15) is 22.2 Å². The van der Waals surface area contributed by atoms with Crippen molar-refractivity contribution in [1.82, 2.24) is 0 Å². The predicted octanol–water partition coefficient (Wildman–Crippen LogP) is 3.63. The van der Waals surface area contributed by atoms with Crippen LogP contribution < -0.4 is 4.90 Å². The average molecular weight is 308 g/mol. The van der Waals surface area contributed by atoms with Crippen LogP contribution in [0, 0.1) is 15.9 Å². The molecule has 2 aromatic rings.